The smallest absolute Gasteiger partial charge is 0.331 e. The van der Waals surface area contributed by atoms with Crippen LogP contribution in [0.15, 0.2) is 23.3 Å². The van der Waals surface area contributed by atoms with Crippen LogP contribution in [-0.4, -0.2) is 60.0 Å². The van der Waals surface area contributed by atoms with Crippen molar-refractivity contribution in [2.45, 2.75) is 49.3 Å². The molecule has 0 aromatic rings. The molecule has 0 bridgehead atoms. The van der Waals surface area contributed by atoms with Gasteiger partial charge in [-0.05, 0) is 43.4 Å². The second-order valence-corrected chi connectivity index (χ2v) is 6.93. The third kappa shape index (κ3) is 1.85. The average molecular weight is 305 g/mol. The van der Waals surface area contributed by atoms with Gasteiger partial charge in [0.1, 0.15) is 12.2 Å². The molecule has 0 amide bonds. The Morgan fingerprint density at radius 1 is 1.45 bits per heavy atom. The zero-order valence-corrected chi connectivity index (χ0v) is 13.0. The number of nitrogens with zero attached hydrogens (tertiary/aromatic N) is 1. The fourth-order valence-electron chi connectivity index (χ4n) is 4.84. The Kier molecular flexibility index (Phi) is 3.22. The highest BCUT2D eigenvalue weighted by Crippen LogP contribution is 2.53. The molecule has 3 heterocycles. The van der Waals surface area contributed by atoms with Gasteiger partial charge in [0.15, 0.2) is 0 Å². The van der Waals surface area contributed by atoms with Crippen LogP contribution >= 0.6 is 0 Å². The topological polar surface area (TPSA) is 59.0 Å². The lowest BCUT2D eigenvalue weighted by Crippen LogP contribution is -2.56. The minimum Gasteiger partial charge on any atom is -0.459 e. The largest absolute Gasteiger partial charge is 0.459 e. The van der Waals surface area contributed by atoms with E-state index >= 15 is 0 Å². The SMILES string of the molecule is CO[C@H]1CC=C2CCN3CCC[C@]4(O)COC(=O)C=C4[C@]23C1. The van der Waals surface area contributed by atoms with Gasteiger partial charge in [0.2, 0.25) is 0 Å². The summed E-state index contributed by atoms with van der Waals surface area (Å²) in [5.41, 5.74) is 0.826. The normalized spacial score (nSPS) is 41.5. The maximum atomic E-state index is 11.9. The van der Waals surface area contributed by atoms with Crippen molar-refractivity contribution in [2.75, 3.05) is 26.8 Å². The molecule has 4 rings (SSSR count). The molecule has 22 heavy (non-hydrogen) atoms. The number of carbonyl (C=O) groups excluding carboxylic acids is 1. The molecule has 0 aromatic carbocycles. The highest BCUT2D eigenvalue weighted by Gasteiger charge is 2.58. The average Bonchev–Trinajstić information content (AvgIpc) is 2.83. The van der Waals surface area contributed by atoms with Crippen LogP contribution in [0.2, 0.25) is 0 Å². The summed E-state index contributed by atoms with van der Waals surface area (Å²) in [6.45, 7) is 2.02. The van der Waals surface area contributed by atoms with E-state index in [4.69, 9.17) is 9.47 Å². The predicted octanol–water partition coefficient (Wildman–Crippen LogP) is 1.17. The van der Waals surface area contributed by atoms with E-state index in [9.17, 15) is 9.90 Å². The van der Waals surface area contributed by atoms with E-state index in [1.54, 1.807) is 13.2 Å². The lowest BCUT2D eigenvalue weighted by Gasteiger charge is -2.48. The Balaban J connectivity index is 1.89. The third-order valence-electron chi connectivity index (χ3n) is 5.89. The number of cyclic esters (lactones) is 1. The van der Waals surface area contributed by atoms with Crippen LogP contribution < -0.4 is 0 Å². The highest BCUT2D eigenvalue weighted by atomic mass is 16.5. The number of ether oxygens (including phenoxy) is 2. The first kappa shape index (κ1) is 14.4. The first-order valence-electron chi connectivity index (χ1n) is 8.18. The van der Waals surface area contributed by atoms with Gasteiger partial charge in [-0.3, -0.25) is 4.90 Å². The lowest BCUT2D eigenvalue weighted by molar-refractivity contribution is -0.148. The van der Waals surface area contributed by atoms with Gasteiger partial charge in [0.25, 0.3) is 0 Å². The van der Waals surface area contributed by atoms with E-state index < -0.39 is 5.60 Å². The summed E-state index contributed by atoms with van der Waals surface area (Å²) in [6, 6.07) is 0. The van der Waals surface area contributed by atoms with Gasteiger partial charge in [0, 0.05) is 26.2 Å². The van der Waals surface area contributed by atoms with Crippen LogP contribution in [0.3, 0.4) is 0 Å². The maximum Gasteiger partial charge on any atom is 0.331 e. The minimum absolute atomic E-state index is 0.0815. The standard InChI is InChI=1S/C17H23NO4/c1-21-13-4-3-12-5-8-18-7-2-6-16(20)11-22-15(19)9-14(16)17(12,18)10-13/h3,9,13,20H,2,4-8,10-11H2,1H3/t13-,16-,17-/m0/s1. The molecule has 2 fully saturated rings. The van der Waals surface area contributed by atoms with E-state index in [1.807, 2.05) is 0 Å². The molecule has 1 spiro atoms. The summed E-state index contributed by atoms with van der Waals surface area (Å²) in [5, 5.41) is 11.2. The van der Waals surface area contributed by atoms with Crippen molar-refractivity contribution in [3.8, 4) is 0 Å². The molecular weight excluding hydrogens is 282 g/mol. The van der Waals surface area contributed by atoms with Crippen LogP contribution in [0.5, 0.6) is 0 Å². The molecule has 0 saturated carbocycles. The van der Waals surface area contributed by atoms with Gasteiger partial charge in [0.05, 0.1) is 11.6 Å². The first-order valence-corrected chi connectivity index (χ1v) is 8.18. The van der Waals surface area contributed by atoms with Gasteiger partial charge in [-0.25, -0.2) is 4.79 Å². The predicted molar refractivity (Wildman–Crippen MR) is 80.3 cm³/mol. The van der Waals surface area contributed by atoms with Crippen molar-refractivity contribution in [2.24, 2.45) is 0 Å². The van der Waals surface area contributed by atoms with E-state index in [0.29, 0.717) is 6.42 Å². The molecule has 0 aromatic heterocycles. The van der Waals surface area contributed by atoms with Gasteiger partial charge < -0.3 is 14.6 Å². The molecule has 1 N–H and O–H groups in total. The molecule has 0 unspecified atom stereocenters. The van der Waals surface area contributed by atoms with Crippen LogP contribution in [-0.2, 0) is 14.3 Å². The van der Waals surface area contributed by atoms with Crippen molar-refractivity contribution < 1.29 is 19.4 Å². The summed E-state index contributed by atoms with van der Waals surface area (Å²) in [4.78, 5) is 14.4. The summed E-state index contributed by atoms with van der Waals surface area (Å²) in [7, 11) is 1.74. The monoisotopic (exact) mass is 305 g/mol. The van der Waals surface area contributed by atoms with Crippen LogP contribution in [0, 0.1) is 0 Å². The number of esters is 1. The molecule has 120 valence electrons. The van der Waals surface area contributed by atoms with Crippen LogP contribution in [0.25, 0.3) is 0 Å². The zero-order chi connectivity index (χ0) is 15.4. The Morgan fingerprint density at radius 3 is 3.14 bits per heavy atom. The summed E-state index contributed by atoms with van der Waals surface area (Å²) < 4.78 is 10.8. The van der Waals surface area contributed by atoms with Crippen LogP contribution in [0.1, 0.15) is 32.1 Å². The molecule has 1 aliphatic carbocycles. The number of hydrogen-bond acceptors (Lipinski definition) is 5. The van der Waals surface area contributed by atoms with E-state index in [-0.39, 0.29) is 24.2 Å². The summed E-state index contributed by atoms with van der Waals surface area (Å²) in [6.07, 6.45) is 8.26. The number of rotatable bonds is 1. The molecule has 5 nitrogen and oxygen atoms in total. The number of aliphatic hydroxyl groups is 1. The fourth-order valence-corrected chi connectivity index (χ4v) is 4.84. The summed E-state index contributed by atoms with van der Waals surface area (Å²) >= 11 is 0. The second kappa shape index (κ2) is 4.91. The van der Waals surface area contributed by atoms with Crippen molar-refractivity contribution in [3.63, 3.8) is 0 Å². The first-order chi connectivity index (χ1) is 10.6. The molecular formula is C17H23NO4. The third-order valence-corrected chi connectivity index (χ3v) is 5.89. The molecule has 3 aliphatic heterocycles. The Labute approximate surface area is 130 Å². The zero-order valence-electron chi connectivity index (χ0n) is 13.0. The Hall–Kier alpha value is -1.17. The molecule has 3 atom stereocenters. The van der Waals surface area contributed by atoms with Gasteiger partial charge >= 0.3 is 5.97 Å². The molecule has 5 heteroatoms. The number of carbonyl (C=O) groups is 1. The Morgan fingerprint density at radius 2 is 2.32 bits per heavy atom. The van der Waals surface area contributed by atoms with Crippen molar-refractivity contribution in [1.29, 1.82) is 0 Å². The van der Waals surface area contributed by atoms with E-state index in [2.05, 4.69) is 11.0 Å². The number of hydrogen-bond donors (Lipinski definition) is 1. The van der Waals surface area contributed by atoms with Gasteiger partial charge in [-0.1, -0.05) is 6.08 Å². The van der Waals surface area contributed by atoms with Crippen LogP contribution in [0.4, 0.5) is 0 Å². The van der Waals surface area contributed by atoms with Crippen molar-refractivity contribution in [1.82, 2.24) is 4.90 Å². The maximum absolute atomic E-state index is 11.9. The Bertz CT molecular complexity index is 569. The highest BCUT2D eigenvalue weighted by molar-refractivity contribution is 5.85. The second-order valence-electron chi connectivity index (χ2n) is 6.93. The van der Waals surface area contributed by atoms with Gasteiger partial charge in [-0.2, -0.15) is 0 Å². The summed E-state index contributed by atoms with van der Waals surface area (Å²) in [5.74, 6) is -0.332. The van der Waals surface area contributed by atoms with E-state index in [1.165, 1.54) is 5.57 Å². The quantitative estimate of drug-likeness (QED) is 0.582. The fraction of sp³-hybridized carbons (Fsp3) is 0.706. The van der Waals surface area contributed by atoms with Crippen molar-refractivity contribution in [3.05, 3.63) is 23.3 Å². The molecule has 0 radical (unpaired) electrons. The molecule has 2 saturated heterocycles. The number of methoxy groups -OCH3 is 1. The minimum atomic E-state index is -1.03. The van der Waals surface area contributed by atoms with Gasteiger partial charge in [-0.15, -0.1) is 0 Å². The van der Waals surface area contributed by atoms with Crippen molar-refractivity contribution >= 4 is 5.97 Å². The van der Waals surface area contributed by atoms with E-state index in [0.717, 1.165) is 44.3 Å². The lowest BCUT2D eigenvalue weighted by atomic mass is 9.68. The number of fused-ring (bicyclic) bond motifs is 1. The molecule has 4 aliphatic rings.